The molecule has 0 fully saturated rings. The second-order valence-electron chi connectivity index (χ2n) is 6.77. The van der Waals surface area contributed by atoms with Crippen LogP contribution < -0.4 is 19.5 Å². The van der Waals surface area contributed by atoms with Gasteiger partial charge in [0.25, 0.3) is 0 Å². The average molecular weight is 433 g/mol. The molecule has 0 heterocycles. The van der Waals surface area contributed by atoms with Crippen LogP contribution in [0.25, 0.3) is 12.2 Å². The Hall–Kier alpha value is -4.06. The first-order chi connectivity index (χ1) is 15.5. The highest BCUT2D eigenvalue weighted by Gasteiger charge is 2.12. The van der Waals surface area contributed by atoms with Crippen molar-refractivity contribution in [2.24, 2.45) is 0 Å². The maximum atomic E-state index is 13.0. The number of carbonyl (C=O) groups is 1. The van der Waals surface area contributed by atoms with Gasteiger partial charge in [-0.15, -0.1) is 0 Å². The fourth-order valence-corrected chi connectivity index (χ4v) is 3.05. The van der Waals surface area contributed by atoms with Gasteiger partial charge in [0.15, 0.2) is 17.3 Å². The summed E-state index contributed by atoms with van der Waals surface area (Å²) < 4.78 is 29.1. The lowest BCUT2D eigenvalue weighted by molar-refractivity contribution is 0.104. The lowest BCUT2D eigenvalue weighted by Crippen LogP contribution is -1.96. The molecular formula is C26H24FNO4. The Kier molecular flexibility index (Phi) is 7.65. The van der Waals surface area contributed by atoms with Crippen LogP contribution in [0.5, 0.6) is 17.2 Å². The summed E-state index contributed by atoms with van der Waals surface area (Å²) in [6.45, 7) is 0. The summed E-state index contributed by atoms with van der Waals surface area (Å²) in [5.74, 6) is 1.12. The highest BCUT2D eigenvalue weighted by molar-refractivity contribution is 6.04. The molecule has 3 rings (SSSR count). The SMILES string of the molecule is COc1cc(C=Cc2cccc(NC=CC(=O)c3ccc(F)cc3)c2)cc(OC)c1OC. The van der Waals surface area contributed by atoms with Gasteiger partial charge >= 0.3 is 0 Å². The smallest absolute Gasteiger partial charge is 0.203 e. The largest absolute Gasteiger partial charge is 0.493 e. The molecule has 0 bridgehead atoms. The first-order valence-electron chi connectivity index (χ1n) is 9.85. The number of nitrogens with one attached hydrogen (secondary N) is 1. The Morgan fingerprint density at radius 1 is 0.844 bits per heavy atom. The number of ether oxygens (including phenoxy) is 3. The van der Waals surface area contributed by atoms with E-state index in [4.69, 9.17) is 14.2 Å². The van der Waals surface area contributed by atoms with Crippen molar-refractivity contribution >= 4 is 23.6 Å². The van der Waals surface area contributed by atoms with Gasteiger partial charge in [-0.25, -0.2) is 4.39 Å². The van der Waals surface area contributed by atoms with Crippen LogP contribution in [0, 0.1) is 5.82 Å². The summed E-state index contributed by atoms with van der Waals surface area (Å²) in [5.41, 5.74) is 3.09. The number of hydrogen-bond acceptors (Lipinski definition) is 5. The van der Waals surface area contributed by atoms with Crippen LogP contribution in [0.3, 0.4) is 0 Å². The first kappa shape index (κ1) is 22.6. The molecule has 0 saturated heterocycles. The molecule has 0 aliphatic carbocycles. The number of carbonyl (C=O) groups excluding carboxylic acids is 1. The van der Waals surface area contributed by atoms with Crippen molar-refractivity contribution in [1.82, 2.24) is 0 Å². The Morgan fingerprint density at radius 3 is 2.12 bits per heavy atom. The van der Waals surface area contributed by atoms with Gasteiger partial charge in [-0.1, -0.05) is 24.3 Å². The fraction of sp³-hybridized carbons (Fsp3) is 0.115. The molecule has 164 valence electrons. The summed E-state index contributed by atoms with van der Waals surface area (Å²) in [5, 5.41) is 3.08. The summed E-state index contributed by atoms with van der Waals surface area (Å²) in [4.78, 5) is 12.1. The minimum Gasteiger partial charge on any atom is -0.493 e. The van der Waals surface area contributed by atoms with E-state index in [0.717, 1.165) is 16.8 Å². The van der Waals surface area contributed by atoms with E-state index >= 15 is 0 Å². The van der Waals surface area contributed by atoms with Gasteiger partial charge in [-0.3, -0.25) is 4.79 Å². The molecule has 0 aliphatic heterocycles. The van der Waals surface area contributed by atoms with Crippen LogP contribution in [-0.2, 0) is 0 Å². The van der Waals surface area contributed by atoms with E-state index in [1.165, 1.54) is 30.3 Å². The van der Waals surface area contributed by atoms with Crippen molar-refractivity contribution in [3.8, 4) is 17.2 Å². The second-order valence-corrected chi connectivity index (χ2v) is 6.77. The van der Waals surface area contributed by atoms with Crippen LogP contribution in [-0.4, -0.2) is 27.1 Å². The zero-order chi connectivity index (χ0) is 22.9. The zero-order valence-electron chi connectivity index (χ0n) is 18.1. The maximum absolute atomic E-state index is 13.0. The number of hydrogen-bond donors (Lipinski definition) is 1. The molecule has 0 unspecified atom stereocenters. The third-order valence-corrected chi connectivity index (χ3v) is 4.66. The van der Waals surface area contributed by atoms with Gasteiger partial charge in [0, 0.05) is 23.5 Å². The van der Waals surface area contributed by atoms with E-state index < -0.39 is 0 Å². The van der Waals surface area contributed by atoms with Gasteiger partial charge < -0.3 is 19.5 Å². The molecular weight excluding hydrogens is 409 g/mol. The molecule has 0 aliphatic rings. The minimum absolute atomic E-state index is 0.212. The molecule has 3 aromatic carbocycles. The third-order valence-electron chi connectivity index (χ3n) is 4.66. The van der Waals surface area contributed by atoms with Crippen molar-refractivity contribution in [1.29, 1.82) is 0 Å². The van der Waals surface area contributed by atoms with Crippen LogP contribution in [0.1, 0.15) is 21.5 Å². The van der Waals surface area contributed by atoms with E-state index in [0.29, 0.717) is 22.8 Å². The quantitative estimate of drug-likeness (QED) is 0.261. The lowest BCUT2D eigenvalue weighted by Gasteiger charge is -2.12. The highest BCUT2D eigenvalue weighted by atomic mass is 19.1. The molecule has 6 heteroatoms. The molecule has 5 nitrogen and oxygen atoms in total. The van der Waals surface area contributed by atoms with Crippen molar-refractivity contribution in [2.75, 3.05) is 26.6 Å². The van der Waals surface area contributed by atoms with Crippen molar-refractivity contribution in [3.05, 3.63) is 95.4 Å². The third kappa shape index (κ3) is 5.76. The Balaban J connectivity index is 1.70. The highest BCUT2D eigenvalue weighted by Crippen LogP contribution is 2.38. The van der Waals surface area contributed by atoms with Gasteiger partial charge in [-0.2, -0.15) is 0 Å². The summed E-state index contributed by atoms with van der Waals surface area (Å²) in [6.07, 6.45) is 6.87. The van der Waals surface area contributed by atoms with Crippen molar-refractivity contribution in [2.45, 2.75) is 0 Å². The number of rotatable bonds is 9. The summed E-state index contributed by atoms with van der Waals surface area (Å²) in [7, 11) is 4.72. The van der Waals surface area contributed by atoms with Gasteiger partial charge in [0.1, 0.15) is 5.82 Å². The Morgan fingerprint density at radius 2 is 1.50 bits per heavy atom. The standard InChI is InChI=1S/C26H24FNO4/c1-30-24-16-19(17-25(31-2)26(24)32-3)8-7-18-5-4-6-22(15-18)28-14-13-23(29)20-9-11-21(27)12-10-20/h4-17,28H,1-3H3. The number of ketones is 1. The van der Waals surface area contributed by atoms with Gasteiger partial charge in [0.05, 0.1) is 21.3 Å². The number of methoxy groups -OCH3 is 3. The predicted molar refractivity (Wildman–Crippen MR) is 125 cm³/mol. The molecule has 1 N–H and O–H groups in total. The molecule has 0 radical (unpaired) electrons. The number of benzene rings is 3. The molecule has 0 amide bonds. The Bertz CT molecular complexity index is 1110. The van der Waals surface area contributed by atoms with E-state index in [9.17, 15) is 9.18 Å². The summed E-state index contributed by atoms with van der Waals surface area (Å²) in [6, 6.07) is 16.9. The van der Waals surface area contributed by atoms with E-state index in [-0.39, 0.29) is 11.6 Å². The van der Waals surface area contributed by atoms with Crippen LogP contribution in [0.15, 0.2) is 72.9 Å². The Labute approximate surface area is 186 Å². The monoisotopic (exact) mass is 433 g/mol. The fourth-order valence-electron chi connectivity index (χ4n) is 3.05. The van der Waals surface area contributed by atoms with Crippen LogP contribution in [0.4, 0.5) is 10.1 Å². The average Bonchev–Trinajstić information content (AvgIpc) is 2.82. The van der Waals surface area contributed by atoms with Crippen LogP contribution >= 0.6 is 0 Å². The lowest BCUT2D eigenvalue weighted by atomic mass is 10.1. The number of halogens is 1. The number of allylic oxidation sites excluding steroid dienone is 1. The van der Waals surface area contributed by atoms with Crippen molar-refractivity contribution in [3.63, 3.8) is 0 Å². The molecule has 0 atom stereocenters. The first-order valence-corrected chi connectivity index (χ1v) is 9.85. The zero-order valence-corrected chi connectivity index (χ0v) is 18.1. The minimum atomic E-state index is -0.375. The van der Waals surface area contributed by atoms with E-state index in [2.05, 4.69) is 5.32 Å². The summed E-state index contributed by atoms with van der Waals surface area (Å²) >= 11 is 0. The van der Waals surface area contributed by atoms with Gasteiger partial charge in [0.2, 0.25) is 5.75 Å². The normalized spacial score (nSPS) is 11.0. The molecule has 0 aromatic heterocycles. The molecule has 0 saturated carbocycles. The number of anilines is 1. The molecule has 32 heavy (non-hydrogen) atoms. The van der Waals surface area contributed by atoms with Gasteiger partial charge in [-0.05, 0) is 59.7 Å². The van der Waals surface area contributed by atoms with Crippen LogP contribution in [0.2, 0.25) is 0 Å². The molecule has 0 spiro atoms. The van der Waals surface area contributed by atoms with E-state index in [1.54, 1.807) is 27.5 Å². The maximum Gasteiger partial charge on any atom is 0.203 e. The topological polar surface area (TPSA) is 56.8 Å². The van der Waals surface area contributed by atoms with Crippen molar-refractivity contribution < 1.29 is 23.4 Å². The van der Waals surface area contributed by atoms with E-state index in [1.807, 2.05) is 48.6 Å². The molecule has 3 aromatic rings. The predicted octanol–water partition coefficient (Wildman–Crippen LogP) is 5.83. The second kappa shape index (κ2) is 10.8.